The summed E-state index contributed by atoms with van der Waals surface area (Å²) in [5, 5.41) is 15.6. The van der Waals surface area contributed by atoms with Crippen LogP contribution in [0.3, 0.4) is 0 Å². The summed E-state index contributed by atoms with van der Waals surface area (Å²) in [6.45, 7) is 4.00. The topological polar surface area (TPSA) is 92.9 Å². The maximum Gasteiger partial charge on any atom is 0.268 e. The maximum absolute atomic E-state index is 12.2. The number of hydrogen-bond acceptors (Lipinski definition) is 6. The molecule has 7 nitrogen and oxygen atoms in total. The molecule has 1 amide bonds. The highest BCUT2D eigenvalue weighted by atomic mass is 16.6. The van der Waals surface area contributed by atoms with E-state index in [2.05, 4.69) is 10.5 Å². The SMILES string of the molecule is CCOc1ccc(/C=N\O[C@H](C)C(=O)Nc2ccccc2C#N)cc1OC. The van der Waals surface area contributed by atoms with E-state index < -0.39 is 12.0 Å². The van der Waals surface area contributed by atoms with Crippen LogP contribution >= 0.6 is 0 Å². The second-order valence-electron chi connectivity index (χ2n) is 5.47. The fourth-order valence-corrected chi connectivity index (χ4v) is 2.19. The summed E-state index contributed by atoms with van der Waals surface area (Å²) < 4.78 is 10.7. The minimum Gasteiger partial charge on any atom is -0.493 e. The number of rotatable bonds is 8. The van der Waals surface area contributed by atoms with E-state index in [1.54, 1.807) is 56.5 Å². The van der Waals surface area contributed by atoms with Crippen LogP contribution in [0.1, 0.15) is 25.0 Å². The molecule has 0 saturated carbocycles. The second-order valence-corrected chi connectivity index (χ2v) is 5.47. The lowest BCUT2D eigenvalue weighted by atomic mass is 10.2. The van der Waals surface area contributed by atoms with Crippen molar-refractivity contribution in [2.45, 2.75) is 20.0 Å². The van der Waals surface area contributed by atoms with Gasteiger partial charge in [-0.15, -0.1) is 0 Å². The number of benzene rings is 2. The van der Waals surface area contributed by atoms with Crippen LogP contribution < -0.4 is 14.8 Å². The molecule has 27 heavy (non-hydrogen) atoms. The summed E-state index contributed by atoms with van der Waals surface area (Å²) >= 11 is 0. The Morgan fingerprint density at radius 2 is 2.07 bits per heavy atom. The molecule has 0 bridgehead atoms. The molecule has 0 spiro atoms. The fourth-order valence-electron chi connectivity index (χ4n) is 2.19. The van der Waals surface area contributed by atoms with Gasteiger partial charge in [-0.2, -0.15) is 5.26 Å². The first kappa shape index (κ1) is 19.8. The van der Waals surface area contributed by atoms with Crippen molar-refractivity contribution < 1.29 is 19.1 Å². The van der Waals surface area contributed by atoms with Gasteiger partial charge in [-0.3, -0.25) is 4.79 Å². The third-order valence-corrected chi connectivity index (χ3v) is 3.58. The lowest BCUT2D eigenvalue weighted by molar-refractivity contribution is -0.126. The molecule has 1 N–H and O–H groups in total. The zero-order valence-electron chi connectivity index (χ0n) is 15.4. The Labute approximate surface area is 158 Å². The monoisotopic (exact) mass is 367 g/mol. The van der Waals surface area contributed by atoms with Crippen LogP contribution in [0.4, 0.5) is 5.69 Å². The molecule has 140 valence electrons. The molecule has 2 aromatic rings. The summed E-state index contributed by atoms with van der Waals surface area (Å²) in [7, 11) is 1.56. The van der Waals surface area contributed by atoms with Gasteiger partial charge in [0.2, 0.25) is 6.10 Å². The van der Waals surface area contributed by atoms with E-state index in [0.717, 1.165) is 5.56 Å². The van der Waals surface area contributed by atoms with Crippen molar-refractivity contribution in [1.29, 1.82) is 5.26 Å². The Bertz CT molecular complexity index is 859. The summed E-state index contributed by atoms with van der Waals surface area (Å²) in [4.78, 5) is 17.4. The number of hydrogen-bond donors (Lipinski definition) is 1. The number of nitrogens with one attached hydrogen (secondary N) is 1. The molecule has 0 saturated heterocycles. The Morgan fingerprint density at radius 1 is 1.30 bits per heavy atom. The summed E-state index contributed by atoms with van der Waals surface area (Å²) in [5.74, 6) is 0.820. The quantitative estimate of drug-likeness (QED) is 0.570. The van der Waals surface area contributed by atoms with Crippen molar-refractivity contribution in [2.24, 2.45) is 5.16 Å². The van der Waals surface area contributed by atoms with Gasteiger partial charge in [0.25, 0.3) is 5.91 Å². The summed E-state index contributed by atoms with van der Waals surface area (Å²) in [6, 6.07) is 14.1. The van der Waals surface area contributed by atoms with Crippen LogP contribution in [0.2, 0.25) is 0 Å². The van der Waals surface area contributed by atoms with Gasteiger partial charge in [0, 0.05) is 5.56 Å². The number of nitrogens with zero attached hydrogens (tertiary/aromatic N) is 2. The summed E-state index contributed by atoms with van der Waals surface area (Å²) in [6.07, 6.45) is 0.642. The Hall–Kier alpha value is -3.53. The highest BCUT2D eigenvalue weighted by Gasteiger charge is 2.15. The molecule has 0 aromatic heterocycles. The van der Waals surface area contributed by atoms with Crippen molar-refractivity contribution in [1.82, 2.24) is 0 Å². The molecule has 0 fully saturated rings. The number of carbonyl (C=O) groups is 1. The van der Waals surface area contributed by atoms with Crippen LogP contribution in [0.15, 0.2) is 47.6 Å². The predicted molar refractivity (Wildman–Crippen MR) is 102 cm³/mol. The van der Waals surface area contributed by atoms with Crippen LogP contribution in [0, 0.1) is 11.3 Å². The molecular formula is C20H21N3O4. The highest BCUT2D eigenvalue weighted by molar-refractivity contribution is 5.95. The molecule has 0 unspecified atom stereocenters. The van der Waals surface area contributed by atoms with Gasteiger partial charge in [0.05, 0.1) is 31.2 Å². The van der Waals surface area contributed by atoms with Gasteiger partial charge in [-0.05, 0) is 44.2 Å². The molecule has 0 aliphatic heterocycles. The van der Waals surface area contributed by atoms with Crippen LogP contribution in [0.5, 0.6) is 11.5 Å². The van der Waals surface area contributed by atoms with Gasteiger partial charge in [0.15, 0.2) is 11.5 Å². The number of ether oxygens (including phenoxy) is 2. The van der Waals surface area contributed by atoms with Gasteiger partial charge < -0.3 is 19.6 Å². The smallest absolute Gasteiger partial charge is 0.268 e. The van der Waals surface area contributed by atoms with E-state index in [0.29, 0.717) is 29.4 Å². The molecule has 0 aliphatic carbocycles. The highest BCUT2D eigenvalue weighted by Crippen LogP contribution is 2.27. The van der Waals surface area contributed by atoms with Crippen molar-refractivity contribution >= 4 is 17.8 Å². The second kappa shape index (κ2) is 9.82. The maximum atomic E-state index is 12.2. The number of carbonyl (C=O) groups excluding carboxylic acids is 1. The molecule has 0 radical (unpaired) electrons. The third kappa shape index (κ3) is 5.47. The predicted octanol–water partition coefficient (Wildman–Crippen LogP) is 3.34. The Balaban J connectivity index is 1.97. The first-order valence-electron chi connectivity index (χ1n) is 8.39. The van der Waals surface area contributed by atoms with E-state index in [1.165, 1.54) is 6.21 Å². The minimum atomic E-state index is -0.836. The van der Waals surface area contributed by atoms with Crippen molar-refractivity contribution in [3.63, 3.8) is 0 Å². The molecule has 2 aromatic carbocycles. The number of methoxy groups -OCH3 is 1. The Morgan fingerprint density at radius 3 is 2.78 bits per heavy atom. The number of nitriles is 1. The van der Waals surface area contributed by atoms with E-state index in [1.807, 2.05) is 13.0 Å². The molecule has 0 aliphatic rings. The van der Waals surface area contributed by atoms with E-state index in [4.69, 9.17) is 19.6 Å². The largest absolute Gasteiger partial charge is 0.493 e. The summed E-state index contributed by atoms with van der Waals surface area (Å²) in [5.41, 5.74) is 1.54. The number of oxime groups is 1. The lowest BCUT2D eigenvalue weighted by Gasteiger charge is -2.11. The van der Waals surface area contributed by atoms with Gasteiger partial charge in [-0.25, -0.2) is 0 Å². The molecular weight excluding hydrogens is 346 g/mol. The molecule has 1 atom stereocenters. The standard InChI is InChI=1S/C20H21N3O4/c1-4-26-18-10-9-15(11-19(18)25-3)13-22-27-14(2)20(24)23-17-8-6-5-7-16(17)12-21/h5-11,13-14H,4H2,1-3H3,(H,23,24)/b22-13-/t14-/m1/s1. The number of amides is 1. The lowest BCUT2D eigenvalue weighted by Crippen LogP contribution is -2.26. The number of para-hydroxylation sites is 1. The van der Waals surface area contributed by atoms with Crippen LogP contribution in [0.25, 0.3) is 0 Å². The average molecular weight is 367 g/mol. The zero-order chi connectivity index (χ0) is 19.6. The number of anilines is 1. The average Bonchev–Trinajstić information content (AvgIpc) is 2.69. The molecule has 7 heteroatoms. The van der Waals surface area contributed by atoms with Crippen molar-refractivity contribution in [3.8, 4) is 17.6 Å². The van der Waals surface area contributed by atoms with E-state index >= 15 is 0 Å². The normalized spacial score (nSPS) is 11.5. The van der Waals surface area contributed by atoms with Crippen LogP contribution in [-0.2, 0) is 9.63 Å². The van der Waals surface area contributed by atoms with Gasteiger partial charge in [0.1, 0.15) is 6.07 Å². The van der Waals surface area contributed by atoms with Crippen molar-refractivity contribution in [2.75, 3.05) is 19.0 Å². The van der Waals surface area contributed by atoms with E-state index in [9.17, 15) is 4.79 Å². The molecule has 0 heterocycles. The van der Waals surface area contributed by atoms with Crippen molar-refractivity contribution in [3.05, 3.63) is 53.6 Å². The Kier molecular flexibility index (Phi) is 7.20. The zero-order valence-corrected chi connectivity index (χ0v) is 15.4. The first-order chi connectivity index (χ1) is 13.1. The van der Waals surface area contributed by atoms with E-state index in [-0.39, 0.29) is 0 Å². The fraction of sp³-hybridized carbons (Fsp3) is 0.250. The van der Waals surface area contributed by atoms with Gasteiger partial charge in [-0.1, -0.05) is 17.3 Å². The first-order valence-corrected chi connectivity index (χ1v) is 8.39. The minimum absolute atomic E-state index is 0.378. The third-order valence-electron chi connectivity index (χ3n) is 3.58. The van der Waals surface area contributed by atoms with Gasteiger partial charge >= 0.3 is 0 Å². The van der Waals surface area contributed by atoms with Crippen LogP contribution in [-0.4, -0.2) is 31.9 Å². The molecule has 2 rings (SSSR count).